The number of hydrogen-bond donors (Lipinski definition) is 0. The van der Waals surface area contributed by atoms with E-state index in [1.165, 1.54) is 49.1 Å². The predicted molar refractivity (Wildman–Crippen MR) is 94.3 cm³/mol. The van der Waals surface area contributed by atoms with Crippen molar-refractivity contribution in [2.75, 3.05) is 19.6 Å². The second kappa shape index (κ2) is 5.90. The van der Waals surface area contributed by atoms with E-state index >= 15 is 0 Å². The molecule has 0 amide bonds. The van der Waals surface area contributed by atoms with E-state index in [-0.39, 0.29) is 5.41 Å². The minimum absolute atomic E-state index is 0.141. The summed E-state index contributed by atoms with van der Waals surface area (Å²) in [5.41, 5.74) is 5.03. The van der Waals surface area contributed by atoms with Gasteiger partial charge in [0.15, 0.2) is 5.78 Å². The van der Waals surface area contributed by atoms with Gasteiger partial charge in [-0.05, 0) is 68.4 Å². The third kappa shape index (κ3) is 2.67. The summed E-state index contributed by atoms with van der Waals surface area (Å²) in [6.07, 6.45) is 8.02. The van der Waals surface area contributed by atoms with Crippen molar-refractivity contribution in [3.8, 4) is 0 Å². The van der Waals surface area contributed by atoms with Crippen LogP contribution in [-0.2, 0) is 11.2 Å². The molecule has 1 heterocycles. The number of rotatable bonds is 3. The lowest BCUT2D eigenvalue weighted by molar-refractivity contribution is -0.125. The first-order valence-electron chi connectivity index (χ1n) is 9.25. The lowest BCUT2D eigenvalue weighted by atomic mass is 9.70. The Balaban J connectivity index is 1.49. The SMILES string of the molecule is CC1(CCN2CCCCC2)CCC2=C(Cc3ccccc32)C1=O. The van der Waals surface area contributed by atoms with Gasteiger partial charge in [-0.1, -0.05) is 37.6 Å². The van der Waals surface area contributed by atoms with E-state index in [9.17, 15) is 4.79 Å². The zero-order chi connectivity index (χ0) is 15.9. The average molecular weight is 309 g/mol. The lowest BCUT2D eigenvalue weighted by Crippen LogP contribution is -2.38. The number of piperidine rings is 1. The van der Waals surface area contributed by atoms with E-state index in [2.05, 4.69) is 36.1 Å². The molecule has 0 saturated carbocycles. The van der Waals surface area contributed by atoms with Gasteiger partial charge in [0.05, 0.1) is 0 Å². The molecule has 4 rings (SSSR count). The van der Waals surface area contributed by atoms with Crippen LogP contribution in [0.5, 0.6) is 0 Å². The summed E-state index contributed by atoms with van der Waals surface area (Å²) >= 11 is 0. The van der Waals surface area contributed by atoms with Crippen LogP contribution in [0.15, 0.2) is 29.8 Å². The number of ketones is 1. The van der Waals surface area contributed by atoms with Gasteiger partial charge in [-0.2, -0.15) is 0 Å². The number of nitrogens with zero attached hydrogens (tertiary/aromatic N) is 1. The first-order chi connectivity index (χ1) is 11.2. The minimum atomic E-state index is -0.141. The number of likely N-dealkylation sites (tertiary alicyclic amines) is 1. The van der Waals surface area contributed by atoms with Crippen molar-refractivity contribution in [1.82, 2.24) is 4.90 Å². The zero-order valence-corrected chi connectivity index (χ0v) is 14.2. The molecule has 2 nitrogen and oxygen atoms in total. The minimum Gasteiger partial charge on any atom is -0.303 e. The molecule has 1 unspecified atom stereocenters. The van der Waals surface area contributed by atoms with E-state index < -0.39 is 0 Å². The van der Waals surface area contributed by atoms with Crippen LogP contribution in [-0.4, -0.2) is 30.3 Å². The largest absolute Gasteiger partial charge is 0.303 e. The zero-order valence-electron chi connectivity index (χ0n) is 14.2. The highest BCUT2D eigenvalue weighted by Crippen LogP contribution is 2.47. The summed E-state index contributed by atoms with van der Waals surface area (Å²) < 4.78 is 0. The van der Waals surface area contributed by atoms with Crippen molar-refractivity contribution < 1.29 is 4.79 Å². The number of carbonyl (C=O) groups is 1. The molecule has 3 aliphatic rings. The Kier molecular flexibility index (Phi) is 3.88. The van der Waals surface area contributed by atoms with Crippen LogP contribution in [0.4, 0.5) is 0 Å². The smallest absolute Gasteiger partial charge is 0.165 e. The van der Waals surface area contributed by atoms with Crippen molar-refractivity contribution in [2.45, 2.75) is 51.9 Å². The molecule has 0 N–H and O–H groups in total. The van der Waals surface area contributed by atoms with Crippen LogP contribution in [0.2, 0.25) is 0 Å². The predicted octanol–water partition coefficient (Wildman–Crippen LogP) is 4.24. The Labute approximate surface area is 139 Å². The Morgan fingerprint density at radius 1 is 1.09 bits per heavy atom. The Hall–Kier alpha value is -1.41. The molecule has 1 aliphatic heterocycles. The molecule has 0 aromatic heterocycles. The first-order valence-corrected chi connectivity index (χ1v) is 9.25. The van der Waals surface area contributed by atoms with E-state index in [4.69, 9.17) is 0 Å². The van der Waals surface area contributed by atoms with Gasteiger partial charge < -0.3 is 4.90 Å². The Morgan fingerprint density at radius 2 is 1.87 bits per heavy atom. The highest BCUT2D eigenvalue weighted by molar-refractivity contribution is 6.09. The normalized spacial score (nSPS) is 28.0. The number of benzene rings is 1. The maximum Gasteiger partial charge on any atom is 0.165 e. The van der Waals surface area contributed by atoms with Crippen LogP contribution in [0.3, 0.4) is 0 Å². The monoisotopic (exact) mass is 309 g/mol. The number of carbonyl (C=O) groups excluding carboxylic acids is 1. The lowest BCUT2D eigenvalue weighted by Gasteiger charge is -2.36. The topological polar surface area (TPSA) is 20.3 Å². The van der Waals surface area contributed by atoms with Gasteiger partial charge in [0.25, 0.3) is 0 Å². The molecular formula is C21H27NO. The van der Waals surface area contributed by atoms with Gasteiger partial charge in [0.1, 0.15) is 0 Å². The third-order valence-corrected chi connectivity index (χ3v) is 6.25. The van der Waals surface area contributed by atoms with E-state index in [0.717, 1.165) is 37.8 Å². The second-order valence-corrected chi connectivity index (χ2v) is 7.83. The van der Waals surface area contributed by atoms with Crippen molar-refractivity contribution in [3.63, 3.8) is 0 Å². The van der Waals surface area contributed by atoms with Gasteiger partial charge in [-0.25, -0.2) is 0 Å². The quantitative estimate of drug-likeness (QED) is 0.832. The summed E-state index contributed by atoms with van der Waals surface area (Å²) in [7, 11) is 0. The number of allylic oxidation sites excluding steroid dienone is 2. The molecule has 23 heavy (non-hydrogen) atoms. The summed E-state index contributed by atoms with van der Waals surface area (Å²) in [6, 6.07) is 8.58. The molecule has 1 fully saturated rings. The molecule has 0 spiro atoms. The molecule has 1 aromatic carbocycles. The standard InChI is InChI=1S/C21H27NO/c1-21(11-14-22-12-5-2-6-13-22)10-9-18-17-8-4-3-7-16(17)15-19(18)20(21)23/h3-4,7-8H,2,5-6,9-15H2,1H3. The molecule has 122 valence electrons. The first kappa shape index (κ1) is 15.1. The molecule has 1 saturated heterocycles. The summed E-state index contributed by atoms with van der Waals surface area (Å²) in [6.45, 7) is 5.76. The fourth-order valence-corrected chi connectivity index (χ4v) is 4.64. The maximum atomic E-state index is 13.2. The van der Waals surface area contributed by atoms with E-state index in [0.29, 0.717) is 5.78 Å². The molecule has 2 aliphatic carbocycles. The second-order valence-electron chi connectivity index (χ2n) is 7.83. The van der Waals surface area contributed by atoms with Crippen LogP contribution in [0.1, 0.15) is 56.6 Å². The van der Waals surface area contributed by atoms with Gasteiger partial charge in [-0.3, -0.25) is 4.79 Å². The van der Waals surface area contributed by atoms with Gasteiger partial charge in [0, 0.05) is 17.4 Å². The Morgan fingerprint density at radius 3 is 2.70 bits per heavy atom. The Bertz CT molecular complexity index is 654. The third-order valence-electron chi connectivity index (χ3n) is 6.25. The molecule has 2 heteroatoms. The summed E-state index contributed by atoms with van der Waals surface area (Å²) in [5.74, 6) is 0.437. The van der Waals surface area contributed by atoms with Crippen LogP contribution < -0.4 is 0 Å². The number of hydrogen-bond acceptors (Lipinski definition) is 2. The van der Waals surface area contributed by atoms with Crippen LogP contribution >= 0.6 is 0 Å². The van der Waals surface area contributed by atoms with Crippen molar-refractivity contribution in [1.29, 1.82) is 0 Å². The maximum absolute atomic E-state index is 13.2. The number of Topliss-reactive ketones (excluding diaryl/α,β-unsaturated/α-hetero) is 1. The average Bonchev–Trinajstić information content (AvgIpc) is 2.97. The van der Waals surface area contributed by atoms with Gasteiger partial charge >= 0.3 is 0 Å². The molecule has 0 radical (unpaired) electrons. The van der Waals surface area contributed by atoms with Crippen molar-refractivity contribution in [2.24, 2.45) is 5.41 Å². The highest BCUT2D eigenvalue weighted by atomic mass is 16.1. The van der Waals surface area contributed by atoms with E-state index in [1.807, 2.05) is 0 Å². The summed E-state index contributed by atoms with van der Waals surface area (Å²) in [4.78, 5) is 15.8. The van der Waals surface area contributed by atoms with Crippen LogP contribution in [0, 0.1) is 5.41 Å². The van der Waals surface area contributed by atoms with E-state index in [1.54, 1.807) is 0 Å². The van der Waals surface area contributed by atoms with Gasteiger partial charge in [-0.15, -0.1) is 0 Å². The van der Waals surface area contributed by atoms with Crippen molar-refractivity contribution >= 4 is 11.4 Å². The highest BCUT2D eigenvalue weighted by Gasteiger charge is 2.42. The number of fused-ring (bicyclic) bond motifs is 2. The summed E-state index contributed by atoms with van der Waals surface area (Å²) in [5, 5.41) is 0. The molecule has 1 aromatic rings. The molecular weight excluding hydrogens is 282 g/mol. The molecule has 1 atom stereocenters. The fourth-order valence-electron chi connectivity index (χ4n) is 4.64. The van der Waals surface area contributed by atoms with Crippen molar-refractivity contribution in [3.05, 3.63) is 41.0 Å². The molecule has 0 bridgehead atoms. The fraction of sp³-hybridized carbons (Fsp3) is 0.571. The van der Waals surface area contributed by atoms with Crippen LogP contribution in [0.25, 0.3) is 5.57 Å². The van der Waals surface area contributed by atoms with Gasteiger partial charge in [0.2, 0.25) is 0 Å².